The molecule has 0 aliphatic carbocycles. The van der Waals surface area contributed by atoms with Crippen LogP contribution in [0.5, 0.6) is 0 Å². The van der Waals surface area contributed by atoms with Gasteiger partial charge in [-0.1, -0.05) is 29.5 Å². The molecule has 0 atom stereocenters. The number of rotatable bonds is 5. The number of fused-ring (bicyclic) bond motifs is 1. The minimum atomic E-state index is -0.190. The van der Waals surface area contributed by atoms with Gasteiger partial charge < -0.3 is 19.4 Å². The van der Waals surface area contributed by atoms with Crippen molar-refractivity contribution in [1.82, 2.24) is 15.2 Å². The molecule has 180 valence electrons. The Morgan fingerprint density at radius 3 is 2.56 bits per heavy atom. The summed E-state index contributed by atoms with van der Waals surface area (Å²) in [7, 11) is 0. The van der Waals surface area contributed by atoms with Crippen molar-refractivity contribution < 1.29 is 13.9 Å². The first-order valence-corrected chi connectivity index (χ1v) is 12.5. The molecule has 1 aliphatic heterocycles. The fourth-order valence-electron chi connectivity index (χ4n) is 4.11. The zero-order valence-corrected chi connectivity index (χ0v) is 20.4. The van der Waals surface area contributed by atoms with Crippen LogP contribution < -0.4 is 10.2 Å². The van der Waals surface area contributed by atoms with Gasteiger partial charge in [0, 0.05) is 35.5 Å². The van der Waals surface area contributed by atoms with Crippen molar-refractivity contribution in [1.29, 1.82) is 0 Å². The highest BCUT2D eigenvalue weighted by atomic mass is 32.1. The summed E-state index contributed by atoms with van der Waals surface area (Å²) in [5.74, 6) is 0.692. The van der Waals surface area contributed by atoms with Crippen molar-refractivity contribution in [3.8, 4) is 22.9 Å². The standard InChI is InChI=1S/C27H23N5O3S/c1-17-4-2-3-5-21(17)26-31-30-25(35-26)19-8-6-18(7-9-19)24(33)28-20-10-11-22-23(16-20)36-27(29-22)32-12-14-34-15-13-32/h2-11,16H,12-15H2,1H3,(H,28,33). The van der Waals surface area contributed by atoms with E-state index in [-0.39, 0.29) is 5.91 Å². The highest BCUT2D eigenvalue weighted by Crippen LogP contribution is 2.31. The molecule has 6 rings (SSSR count). The van der Waals surface area contributed by atoms with Crippen LogP contribution in [0.4, 0.5) is 10.8 Å². The molecule has 3 aromatic carbocycles. The number of amides is 1. The minimum Gasteiger partial charge on any atom is -0.416 e. The smallest absolute Gasteiger partial charge is 0.255 e. The normalized spacial score (nSPS) is 13.8. The zero-order valence-electron chi connectivity index (χ0n) is 19.6. The average Bonchev–Trinajstić information content (AvgIpc) is 3.57. The van der Waals surface area contributed by atoms with Gasteiger partial charge in [-0.05, 0) is 61.0 Å². The lowest BCUT2D eigenvalue weighted by Gasteiger charge is -2.25. The lowest BCUT2D eigenvalue weighted by atomic mass is 10.1. The van der Waals surface area contributed by atoms with Crippen LogP contribution in [0.25, 0.3) is 33.1 Å². The lowest BCUT2D eigenvalue weighted by molar-refractivity contribution is 0.102. The summed E-state index contributed by atoms with van der Waals surface area (Å²) in [6.07, 6.45) is 0. The molecule has 5 aromatic rings. The van der Waals surface area contributed by atoms with Gasteiger partial charge in [0.15, 0.2) is 5.13 Å². The Bertz CT molecular complexity index is 1540. The molecule has 8 nitrogen and oxygen atoms in total. The molecule has 0 unspecified atom stereocenters. The zero-order chi connectivity index (χ0) is 24.5. The number of benzene rings is 3. The third-order valence-corrected chi connectivity index (χ3v) is 7.19. The number of carbonyl (C=O) groups is 1. The Morgan fingerprint density at radius 1 is 0.972 bits per heavy atom. The van der Waals surface area contributed by atoms with Crippen molar-refractivity contribution in [3.63, 3.8) is 0 Å². The van der Waals surface area contributed by atoms with Crippen molar-refractivity contribution in [3.05, 3.63) is 77.9 Å². The van der Waals surface area contributed by atoms with Crippen LogP contribution >= 0.6 is 11.3 Å². The SMILES string of the molecule is Cc1ccccc1-c1nnc(-c2ccc(C(=O)Nc3ccc4nc(N5CCOCC5)sc4c3)cc2)o1. The molecule has 0 spiro atoms. The predicted octanol–water partition coefficient (Wildman–Crippen LogP) is 5.41. The molecule has 36 heavy (non-hydrogen) atoms. The van der Waals surface area contributed by atoms with E-state index >= 15 is 0 Å². The summed E-state index contributed by atoms with van der Waals surface area (Å²) in [5.41, 5.74) is 4.91. The molecule has 1 aliphatic rings. The van der Waals surface area contributed by atoms with E-state index in [1.807, 2.05) is 61.5 Å². The van der Waals surface area contributed by atoms with Crippen molar-refractivity contribution in [2.75, 3.05) is 36.5 Å². The largest absolute Gasteiger partial charge is 0.416 e. The number of nitrogens with zero attached hydrogens (tertiary/aromatic N) is 4. The molecule has 9 heteroatoms. The molecule has 1 amide bonds. The number of morpholine rings is 1. The Balaban J connectivity index is 1.16. The maximum absolute atomic E-state index is 12.9. The topological polar surface area (TPSA) is 93.4 Å². The number of anilines is 2. The molecule has 1 saturated heterocycles. The number of ether oxygens (including phenoxy) is 1. The summed E-state index contributed by atoms with van der Waals surface area (Å²) in [6.45, 7) is 5.13. The molecule has 2 aromatic heterocycles. The summed E-state index contributed by atoms with van der Waals surface area (Å²) in [5, 5.41) is 12.3. The van der Waals surface area contributed by atoms with Gasteiger partial charge >= 0.3 is 0 Å². The first-order chi connectivity index (χ1) is 17.6. The van der Waals surface area contributed by atoms with E-state index in [2.05, 4.69) is 20.4 Å². The van der Waals surface area contributed by atoms with Gasteiger partial charge in [-0.25, -0.2) is 4.98 Å². The van der Waals surface area contributed by atoms with Gasteiger partial charge in [-0.3, -0.25) is 4.79 Å². The molecular weight excluding hydrogens is 474 g/mol. The van der Waals surface area contributed by atoms with E-state index in [1.54, 1.807) is 23.5 Å². The second-order valence-corrected chi connectivity index (χ2v) is 9.55. The van der Waals surface area contributed by atoms with Gasteiger partial charge in [-0.2, -0.15) is 0 Å². The third kappa shape index (κ3) is 4.46. The minimum absolute atomic E-state index is 0.190. The maximum atomic E-state index is 12.9. The van der Waals surface area contributed by atoms with Crippen LogP contribution in [0.2, 0.25) is 0 Å². The number of carbonyl (C=O) groups excluding carboxylic acids is 1. The second kappa shape index (κ2) is 9.52. The van der Waals surface area contributed by atoms with Gasteiger partial charge in [0.2, 0.25) is 11.8 Å². The highest BCUT2D eigenvalue weighted by molar-refractivity contribution is 7.22. The summed E-state index contributed by atoms with van der Waals surface area (Å²) < 4.78 is 12.3. The second-order valence-electron chi connectivity index (χ2n) is 8.54. The van der Waals surface area contributed by atoms with Gasteiger partial charge in [0.1, 0.15) is 0 Å². The summed E-state index contributed by atoms with van der Waals surface area (Å²) in [4.78, 5) is 19.9. The quantitative estimate of drug-likeness (QED) is 0.347. The molecule has 0 radical (unpaired) electrons. The number of nitrogens with one attached hydrogen (secondary N) is 1. The van der Waals surface area contributed by atoms with Crippen LogP contribution in [0.3, 0.4) is 0 Å². The fourth-order valence-corrected chi connectivity index (χ4v) is 5.17. The first-order valence-electron chi connectivity index (χ1n) is 11.7. The number of thiazole rings is 1. The van der Waals surface area contributed by atoms with Crippen LogP contribution in [0, 0.1) is 6.92 Å². The van der Waals surface area contributed by atoms with Crippen LogP contribution in [-0.2, 0) is 4.74 Å². The Morgan fingerprint density at radius 2 is 1.75 bits per heavy atom. The highest BCUT2D eigenvalue weighted by Gasteiger charge is 2.17. The number of hydrogen-bond donors (Lipinski definition) is 1. The molecule has 3 heterocycles. The van der Waals surface area contributed by atoms with E-state index in [4.69, 9.17) is 14.1 Å². The Kier molecular flexibility index (Phi) is 5.92. The summed E-state index contributed by atoms with van der Waals surface area (Å²) in [6, 6.07) is 20.8. The number of aromatic nitrogens is 3. The average molecular weight is 498 g/mol. The summed E-state index contributed by atoms with van der Waals surface area (Å²) >= 11 is 1.63. The third-order valence-electron chi connectivity index (χ3n) is 6.11. The Hall–Kier alpha value is -4.08. The molecule has 1 fully saturated rings. The lowest BCUT2D eigenvalue weighted by Crippen LogP contribution is -2.36. The first kappa shape index (κ1) is 22.4. The molecule has 1 N–H and O–H groups in total. The van der Waals surface area contributed by atoms with E-state index < -0.39 is 0 Å². The van der Waals surface area contributed by atoms with Gasteiger partial charge in [0.25, 0.3) is 5.91 Å². The molecule has 0 bridgehead atoms. The van der Waals surface area contributed by atoms with E-state index in [0.29, 0.717) is 17.3 Å². The Labute approximate surface area is 211 Å². The maximum Gasteiger partial charge on any atom is 0.255 e. The number of aryl methyl sites for hydroxylation is 1. The predicted molar refractivity (Wildman–Crippen MR) is 141 cm³/mol. The van der Waals surface area contributed by atoms with Crippen LogP contribution in [0.1, 0.15) is 15.9 Å². The van der Waals surface area contributed by atoms with Crippen molar-refractivity contribution in [2.24, 2.45) is 0 Å². The monoisotopic (exact) mass is 497 g/mol. The van der Waals surface area contributed by atoms with Gasteiger partial charge in [-0.15, -0.1) is 10.2 Å². The van der Waals surface area contributed by atoms with Gasteiger partial charge in [0.05, 0.1) is 23.4 Å². The van der Waals surface area contributed by atoms with Crippen LogP contribution in [-0.4, -0.2) is 47.4 Å². The van der Waals surface area contributed by atoms with Crippen molar-refractivity contribution in [2.45, 2.75) is 6.92 Å². The number of hydrogen-bond acceptors (Lipinski definition) is 8. The van der Waals surface area contributed by atoms with E-state index in [1.165, 1.54) is 0 Å². The van der Waals surface area contributed by atoms with E-state index in [9.17, 15) is 4.79 Å². The van der Waals surface area contributed by atoms with E-state index in [0.717, 1.165) is 64.0 Å². The fraction of sp³-hybridized carbons (Fsp3) is 0.185. The molecule has 0 saturated carbocycles. The van der Waals surface area contributed by atoms with Crippen molar-refractivity contribution >= 4 is 38.3 Å². The molecular formula is C27H23N5O3S. The van der Waals surface area contributed by atoms with Crippen LogP contribution in [0.15, 0.2) is 71.1 Å².